The summed E-state index contributed by atoms with van der Waals surface area (Å²) in [5.74, 6) is 0.0972. The fourth-order valence-corrected chi connectivity index (χ4v) is 1.28. The third-order valence-electron chi connectivity index (χ3n) is 2.16. The Bertz CT molecular complexity index is 502. The van der Waals surface area contributed by atoms with E-state index in [-0.39, 0.29) is 5.56 Å². The lowest BCUT2D eigenvalue weighted by Crippen LogP contribution is -1.95. The number of aryl methyl sites for hydroxylation is 1. The van der Waals surface area contributed by atoms with Crippen LogP contribution in [0.3, 0.4) is 0 Å². The predicted octanol–water partition coefficient (Wildman–Crippen LogP) is 2.00. The maximum absolute atomic E-state index is 10.6. The smallest absolute Gasteiger partial charge is 0.335 e. The Hall–Kier alpha value is -2.17. The molecule has 0 aliphatic carbocycles. The molecule has 0 aliphatic heterocycles. The summed E-state index contributed by atoms with van der Waals surface area (Å²) in [4.78, 5) is 14.8. The van der Waals surface area contributed by atoms with Gasteiger partial charge in [0.15, 0.2) is 0 Å². The second-order valence-electron chi connectivity index (χ2n) is 3.25. The van der Waals surface area contributed by atoms with E-state index < -0.39 is 5.97 Å². The van der Waals surface area contributed by atoms with Crippen LogP contribution in [0.15, 0.2) is 28.8 Å². The van der Waals surface area contributed by atoms with E-state index in [0.717, 1.165) is 5.56 Å². The molecular weight excluding hydrogens is 208 g/mol. The van der Waals surface area contributed by atoms with Crippen molar-refractivity contribution in [1.29, 1.82) is 0 Å². The molecule has 0 atom stereocenters. The maximum atomic E-state index is 10.6. The molecular formula is C11H10N2O3. The highest BCUT2D eigenvalue weighted by Crippen LogP contribution is 2.16. The molecule has 0 unspecified atom stereocenters. The Kier molecular flexibility index (Phi) is 2.68. The minimum Gasteiger partial charge on any atom is -0.478 e. The van der Waals surface area contributed by atoms with E-state index >= 15 is 0 Å². The van der Waals surface area contributed by atoms with Gasteiger partial charge in [0.1, 0.15) is 0 Å². The Labute approximate surface area is 91.7 Å². The first-order valence-electron chi connectivity index (χ1n) is 4.87. The number of benzene rings is 1. The summed E-state index contributed by atoms with van der Waals surface area (Å²) in [6, 6.07) is 6.35. The number of hydrogen-bond acceptors (Lipinski definition) is 4. The molecule has 2 rings (SSSR count). The molecule has 0 radical (unpaired) electrons. The van der Waals surface area contributed by atoms with Crippen molar-refractivity contribution in [3.63, 3.8) is 0 Å². The van der Waals surface area contributed by atoms with Gasteiger partial charge in [0, 0.05) is 12.0 Å². The van der Waals surface area contributed by atoms with Gasteiger partial charge in [0.2, 0.25) is 11.7 Å². The molecule has 0 amide bonds. The lowest BCUT2D eigenvalue weighted by atomic mass is 10.1. The molecule has 82 valence electrons. The molecule has 1 heterocycles. The number of nitrogens with zero attached hydrogens (tertiary/aromatic N) is 2. The van der Waals surface area contributed by atoms with Gasteiger partial charge in [-0.05, 0) is 12.1 Å². The van der Waals surface area contributed by atoms with E-state index in [0.29, 0.717) is 18.1 Å². The van der Waals surface area contributed by atoms with Crippen molar-refractivity contribution in [2.24, 2.45) is 0 Å². The third-order valence-corrected chi connectivity index (χ3v) is 2.16. The van der Waals surface area contributed by atoms with Gasteiger partial charge in [-0.25, -0.2) is 4.79 Å². The Morgan fingerprint density at radius 2 is 2.06 bits per heavy atom. The molecule has 1 aromatic carbocycles. The van der Waals surface area contributed by atoms with Crippen LogP contribution in [-0.2, 0) is 6.42 Å². The first-order chi connectivity index (χ1) is 7.70. The molecule has 1 aromatic heterocycles. The van der Waals surface area contributed by atoms with Crippen molar-refractivity contribution in [2.75, 3.05) is 0 Å². The number of carbonyl (C=O) groups is 1. The van der Waals surface area contributed by atoms with E-state index in [4.69, 9.17) is 9.63 Å². The molecule has 0 bridgehead atoms. The minimum absolute atomic E-state index is 0.239. The fourth-order valence-electron chi connectivity index (χ4n) is 1.28. The van der Waals surface area contributed by atoms with E-state index in [1.165, 1.54) is 12.1 Å². The van der Waals surface area contributed by atoms with Gasteiger partial charge in [-0.3, -0.25) is 0 Å². The van der Waals surface area contributed by atoms with Crippen molar-refractivity contribution in [1.82, 2.24) is 10.1 Å². The minimum atomic E-state index is -0.950. The zero-order chi connectivity index (χ0) is 11.5. The molecule has 0 spiro atoms. The Balaban J connectivity index is 2.30. The SMILES string of the molecule is CCc1nc(-c2ccc(C(=O)O)cc2)no1. The number of rotatable bonds is 3. The summed E-state index contributed by atoms with van der Waals surface area (Å²) in [5, 5.41) is 12.5. The van der Waals surface area contributed by atoms with Gasteiger partial charge in [0.25, 0.3) is 0 Å². The van der Waals surface area contributed by atoms with Crippen LogP contribution >= 0.6 is 0 Å². The Morgan fingerprint density at radius 1 is 1.38 bits per heavy atom. The van der Waals surface area contributed by atoms with Gasteiger partial charge in [-0.15, -0.1) is 0 Å². The topological polar surface area (TPSA) is 76.2 Å². The van der Waals surface area contributed by atoms with Gasteiger partial charge in [0.05, 0.1) is 5.56 Å². The summed E-state index contributed by atoms with van der Waals surface area (Å²) in [6.45, 7) is 1.92. The second-order valence-corrected chi connectivity index (χ2v) is 3.25. The summed E-state index contributed by atoms with van der Waals surface area (Å²) >= 11 is 0. The summed E-state index contributed by atoms with van der Waals surface area (Å²) in [7, 11) is 0. The monoisotopic (exact) mass is 218 g/mol. The summed E-state index contributed by atoms with van der Waals surface area (Å²) in [6.07, 6.45) is 0.681. The van der Waals surface area contributed by atoms with Gasteiger partial charge in [-0.2, -0.15) is 4.98 Å². The Morgan fingerprint density at radius 3 is 2.56 bits per heavy atom. The number of carboxylic acid groups (broad SMARTS) is 1. The van der Waals surface area contributed by atoms with Crippen LogP contribution in [0.1, 0.15) is 23.2 Å². The lowest BCUT2D eigenvalue weighted by molar-refractivity contribution is 0.0697. The van der Waals surface area contributed by atoms with E-state index in [2.05, 4.69) is 10.1 Å². The summed E-state index contributed by atoms with van der Waals surface area (Å²) < 4.78 is 4.97. The van der Waals surface area contributed by atoms with Gasteiger partial charge >= 0.3 is 5.97 Å². The highest BCUT2D eigenvalue weighted by Gasteiger charge is 2.08. The predicted molar refractivity (Wildman–Crippen MR) is 56.1 cm³/mol. The molecule has 16 heavy (non-hydrogen) atoms. The first kappa shape index (κ1) is 10.4. The van der Waals surface area contributed by atoms with E-state index in [1.807, 2.05) is 6.92 Å². The number of aromatic carboxylic acids is 1. The van der Waals surface area contributed by atoms with Crippen LogP contribution in [0.2, 0.25) is 0 Å². The molecule has 0 fully saturated rings. The number of hydrogen-bond donors (Lipinski definition) is 1. The number of carboxylic acids is 1. The molecule has 0 saturated carbocycles. The van der Waals surface area contributed by atoms with Crippen molar-refractivity contribution in [2.45, 2.75) is 13.3 Å². The highest BCUT2D eigenvalue weighted by molar-refractivity contribution is 5.88. The lowest BCUT2D eigenvalue weighted by Gasteiger charge is -1.95. The largest absolute Gasteiger partial charge is 0.478 e. The van der Waals surface area contributed by atoms with Crippen LogP contribution in [0.25, 0.3) is 11.4 Å². The van der Waals surface area contributed by atoms with Crippen LogP contribution in [-0.4, -0.2) is 21.2 Å². The van der Waals surface area contributed by atoms with Crippen LogP contribution < -0.4 is 0 Å². The van der Waals surface area contributed by atoms with Crippen molar-refractivity contribution in [3.8, 4) is 11.4 Å². The zero-order valence-electron chi connectivity index (χ0n) is 8.67. The maximum Gasteiger partial charge on any atom is 0.335 e. The third kappa shape index (κ3) is 1.93. The van der Waals surface area contributed by atoms with Gasteiger partial charge < -0.3 is 9.63 Å². The average Bonchev–Trinajstić information content (AvgIpc) is 2.77. The quantitative estimate of drug-likeness (QED) is 0.852. The summed E-state index contributed by atoms with van der Waals surface area (Å²) in [5.41, 5.74) is 0.983. The average molecular weight is 218 g/mol. The molecule has 2 aromatic rings. The van der Waals surface area contributed by atoms with Gasteiger partial charge in [-0.1, -0.05) is 24.2 Å². The molecule has 5 nitrogen and oxygen atoms in total. The highest BCUT2D eigenvalue weighted by atomic mass is 16.5. The first-order valence-corrected chi connectivity index (χ1v) is 4.87. The molecule has 5 heteroatoms. The number of aromatic nitrogens is 2. The standard InChI is InChI=1S/C11H10N2O3/c1-2-9-12-10(13-16-9)7-3-5-8(6-4-7)11(14)15/h3-6H,2H2,1H3,(H,14,15). The second kappa shape index (κ2) is 4.14. The molecule has 0 aliphatic rings. The fraction of sp³-hybridized carbons (Fsp3) is 0.182. The van der Waals surface area contributed by atoms with Crippen molar-refractivity contribution >= 4 is 5.97 Å². The zero-order valence-corrected chi connectivity index (χ0v) is 8.67. The van der Waals surface area contributed by atoms with E-state index in [1.54, 1.807) is 12.1 Å². The molecule has 1 N–H and O–H groups in total. The van der Waals surface area contributed by atoms with Crippen molar-refractivity contribution < 1.29 is 14.4 Å². The van der Waals surface area contributed by atoms with Crippen LogP contribution in [0, 0.1) is 0 Å². The molecule has 0 saturated heterocycles. The van der Waals surface area contributed by atoms with Crippen LogP contribution in [0.4, 0.5) is 0 Å². The van der Waals surface area contributed by atoms with Crippen molar-refractivity contribution in [3.05, 3.63) is 35.7 Å². The van der Waals surface area contributed by atoms with Crippen LogP contribution in [0.5, 0.6) is 0 Å². The van der Waals surface area contributed by atoms with E-state index in [9.17, 15) is 4.79 Å². The normalized spacial score (nSPS) is 10.3.